The number of aliphatic hydroxyl groups is 1. The highest BCUT2D eigenvalue weighted by Gasteiger charge is 2.14. The molecule has 0 heterocycles. The van der Waals surface area contributed by atoms with Gasteiger partial charge in [-0.15, -0.1) is 0 Å². The molecule has 0 radical (unpaired) electrons. The fraction of sp³-hybridized carbons (Fsp3) is 0.533. The first kappa shape index (κ1) is 14.7. The van der Waals surface area contributed by atoms with Gasteiger partial charge in [0.1, 0.15) is 0 Å². The summed E-state index contributed by atoms with van der Waals surface area (Å²) in [5.74, 6) is -0.204. The summed E-state index contributed by atoms with van der Waals surface area (Å²) < 4.78 is 4.99. The number of rotatable bonds is 7. The van der Waals surface area contributed by atoms with Gasteiger partial charge in [-0.2, -0.15) is 0 Å². The normalized spacial score (nSPS) is 12.2. The Labute approximate surface area is 109 Å². The maximum absolute atomic E-state index is 11.5. The second-order valence-corrected chi connectivity index (χ2v) is 4.43. The minimum absolute atomic E-state index is 0.0767. The molecule has 0 spiro atoms. The Morgan fingerprint density at radius 2 is 1.89 bits per heavy atom. The first-order valence-corrected chi connectivity index (χ1v) is 6.53. The van der Waals surface area contributed by atoms with Crippen LogP contribution in [0.15, 0.2) is 24.3 Å². The highest BCUT2D eigenvalue weighted by molar-refractivity contribution is 5.71. The molecule has 0 saturated carbocycles. The molecule has 18 heavy (non-hydrogen) atoms. The fourth-order valence-corrected chi connectivity index (χ4v) is 1.94. The van der Waals surface area contributed by atoms with Crippen LogP contribution in [-0.2, 0) is 22.4 Å². The van der Waals surface area contributed by atoms with E-state index >= 15 is 0 Å². The zero-order valence-electron chi connectivity index (χ0n) is 11.2. The molecule has 3 heteroatoms. The number of esters is 1. The van der Waals surface area contributed by atoms with Crippen LogP contribution in [0.25, 0.3) is 0 Å². The molecule has 3 nitrogen and oxygen atoms in total. The Balaban J connectivity index is 2.54. The second-order valence-electron chi connectivity index (χ2n) is 4.43. The van der Waals surface area contributed by atoms with E-state index in [0.717, 1.165) is 18.4 Å². The summed E-state index contributed by atoms with van der Waals surface area (Å²) in [6.45, 7) is 4.31. The van der Waals surface area contributed by atoms with Crippen LogP contribution >= 0.6 is 0 Å². The highest BCUT2D eigenvalue weighted by Crippen LogP contribution is 2.15. The van der Waals surface area contributed by atoms with E-state index in [4.69, 9.17) is 9.84 Å². The Morgan fingerprint density at radius 3 is 2.44 bits per heavy atom. The maximum Gasteiger partial charge on any atom is 0.308 e. The van der Waals surface area contributed by atoms with Gasteiger partial charge in [0, 0.05) is 6.61 Å². The lowest BCUT2D eigenvalue weighted by Crippen LogP contribution is -2.15. The molecular formula is C15H22O3. The van der Waals surface area contributed by atoms with Gasteiger partial charge in [0.2, 0.25) is 0 Å². The predicted molar refractivity (Wildman–Crippen MR) is 71.3 cm³/mol. The maximum atomic E-state index is 11.5. The van der Waals surface area contributed by atoms with Gasteiger partial charge in [0.25, 0.3) is 0 Å². The quantitative estimate of drug-likeness (QED) is 0.756. The van der Waals surface area contributed by atoms with E-state index in [1.165, 1.54) is 5.56 Å². The highest BCUT2D eigenvalue weighted by atomic mass is 16.5. The lowest BCUT2D eigenvalue weighted by Gasteiger charge is -2.12. The van der Waals surface area contributed by atoms with Gasteiger partial charge in [0.15, 0.2) is 0 Å². The molecule has 0 aromatic heterocycles. The summed E-state index contributed by atoms with van der Waals surface area (Å²) in [7, 11) is 0. The number of aliphatic hydroxyl groups excluding tert-OH is 1. The number of carbonyl (C=O) groups excluding carboxylic acids is 1. The molecular weight excluding hydrogens is 228 g/mol. The van der Waals surface area contributed by atoms with E-state index < -0.39 is 0 Å². The van der Waals surface area contributed by atoms with Crippen molar-refractivity contribution in [3.05, 3.63) is 35.4 Å². The van der Waals surface area contributed by atoms with Crippen molar-refractivity contribution in [3.63, 3.8) is 0 Å². The van der Waals surface area contributed by atoms with Crippen LogP contribution in [0.4, 0.5) is 0 Å². The Morgan fingerprint density at radius 1 is 1.28 bits per heavy atom. The zero-order valence-corrected chi connectivity index (χ0v) is 11.2. The minimum atomic E-state index is -0.128. The van der Waals surface area contributed by atoms with Crippen LogP contribution < -0.4 is 0 Å². The van der Waals surface area contributed by atoms with Gasteiger partial charge >= 0.3 is 5.97 Å². The van der Waals surface area contributed by atoms with Crippen molar-refractivity contribution < 1.29 is 14.6 Å². The van der Waals surface area contributed by atoms with Crippen molar-refractivity contribution in [2.24, 2.45) is 5.92 Å². The van der Waals surface area contributed by atoms with E-state index in [0.29, 0.717) is 13.0 Å². The second kappa shape index (κ2) is 7.88. The Hall–Kier alpha value is -1.35. The third-order valence-electron chi connectivity index (χ3n) is 3.04. The first-order chi connectivity index (χ1) is 8.69. The summed E-state index contributed by atoms with van der Waals surface area (Å²) in [4.78, 5) is 11.5. The molecule has 0 amide bonds. The van der Waals surface area contributed by atoms with E-state index in [9.17, 15) is 4.79 Å². The smallest absolute Gasteiger partial charge is 0.308 e. The predicted octanol–water partition coefficient (Wildman–Crippen LogP) is 2.35. The van der Waals surface area contributed by atoms with Crippen LogP contribution in [-0.4, -0.2) is 24.3 Å². The van der Waals surface area contributed by atoms with Crippen LogP contribution in [0.1, 0.15) is 31.4 Å². The molecule has 0 aliphatic heterocycles. The molecule has 1 unspecified atom stereocenters. The third-order valence-corrected chi connectivity index (χ3v) is 3.04. The molecule has 100 valence electrons. The van der Waals surface area contributed by atoms with Crippen molar-refractivity contribution >= 4 is 5.97 Å². The lowest BCUT2D eigenvalue weighted by molar-refractivity contribution is -0.147. The lowest BCUT2D eigenvalue weighted by atomic mass is 9.96. The van der Waals surface area contributed by atoms with Gasteiger partial charge < -0.3 is 9.84 Å². The summed E-state index contributed by atoms with van der Waals surface area (Å²) in [5, 5.41) is 9.01. The van der Waals surface area contributed by atoms with Crippen LogP contribution in [0, 0.1) is 5.92 Å². The molecule has 0 fully saturated rings. The van der Waals surface area contributed by atoms with Gasteiger partial charge in [-0.1, -0.05) is 31.2 Å². The number of ether oxygens (including phenoxy) is 1. The SMILES string of the molecule is CCOC(=O)C(C)CCc1ccccc1CCO. The fourth-order valence-electron chi connectivity index (χ4n) is 1.94. The average Bonchev–Trinajstić information content (AvgIpc) is 2.38. The molecule has 1 N–H and O–H groups in total. The van der Waals surface area contributed by atoms with E-state index in [1.54, 1.807) is 0 Å². The third kappa shape index (κ3) is 4.49. The van der Waals surface area contributed by atoms with Gasteiger partial charge in [-0.05, 0) is 37.3 Å². The molecule has 1 rings (SSSR count). The van der Waals surface area contributed by atoms with Gasteiger partial charge in [0.05, 0.1) is 12.5 Å². The minimum Gasteiger partial charge on any atom is -0.466 e. The summed E-state index contributed by atoms with van der Waals surface area (Å²) in [6, 6.07) is 8.05. The van der Waals surface area contributed by atoms with Crippen molar-refractivity contribution in [1.29, 1.82) is 0 Å². The molecule has 0 saturated heterocycles. The van der Waals surface area contributed by atoms with Crippen molar-refractivity contribution in [2.75, 3.05) is 13.2 Å². The number of carbonyl (C=O) groups is 1. The first-order valence-electron chi connectivity index (χ1n) is 6.53. The van der Waals surface area contributed by atoms with Gasteiger partial charge in [-0.3, -0.25) is 4.79 Å². The molecule has 1 aromatic rings. The van der Waals surface area contributed by atoms with E-state index in [2.05, 4.69) is 6.07 Å². The van der Waals surface area contributed by atoms with Crippen LogP contribution in [0.3, 0.4) is 0 Å². The summed E-state index contributed by atoms with van der Waals surface area (Å²) in [6.07, 6.45) is 2.29. The Bertz CT molecular complexity index is 374. The summed E-state index contributed by atoms with van der Waals surface area (Å²) in [5.41, 5.74) is 2.37. The molecule has 1 atom stereocenters. The van der Waals surface area contributed by atoms with Crippen LogP contribution in [0.5, 0.6) is 0 Å². The number of hydrogen-bond acceptors (Lipinski definition) is 3. The van der Waals surface area contributed by atoms with Crippen molar-refractivity contribution in [2.45, 2.75) is 33.1 Å². The standard InChI is InChI=1S/C15H22O3/c1-3-18-15(17)12(2)8-9-13-6-4-5-7-14(13)10-11-16/h4-7,12,16H,3,8-11H2,1-2H3. The molecule has 0 aliphatic carbocycles. The molecule has 1 aromatic carbocycles. The van der Waals surface area contributed by atoms with E-state index in [-0.39, 0.29) is 18.5 Å². The zero-order chi connectivity index (χ0) is 13.4. The number of hydrogen-bond donors (Lipinski definition) is 1. The summed E-state index contributed by atoms with van der Waals surface area (Å²) >= 11 is 0. The number of aryl methyl sites for hydroxylation is 1. The van der Waals surface area contributed by atoms with E-state index in [1.807, 2.05) is 32.0 Å². The number of benzene rings is 1. The van der Waals surface area contributed by atoms with Crippen LogP contribution in [0.2, 0.25) is 0 Å². The Kier molecular flexibility index (Phi) is 6.44. The largest absolute Gasteiger partial charge is 0.466 e. The molecule has 0 bridgehead atoms. The monoisotopic (exact) mass is 250 g/mol. The van der Waals surface area contributed by atoms with Crippen molar-refractivity contribution in [3.8, 4) is 0 Å². The topological polar surface area (TPSA) is 46.5 Å². The van der Waals surface area contributed by atoms with Crippen molar-refractivity contribution in [1.82, 2.24) is 0 Å². The molecule has 0 aliphatic rings. The van der Waals surface area contributed by atoms with Gasteiger partial charge in [-0.25, -0.2) is 0 Å². The average molecular weight is 250 g/mol.